The molecule has 0 spiro atoms. The van der Waals surface area contributed by atoms with Gasteiger partial charge in [-0.15, -0.1) is 0 Å². The average Bonchev–Trinajstić information content (AvgIpc) is 2.70. The minimum Gasteiger partial charge on any atom is -0.502 e. The summed E-state index contributed by atoms with van der Waals surface area (Å²) < 4.78 is 18.3. The van der Waals surface area contributed by atoms with Gasteiger partial charge in [0.05, 0.1) is 7.11 Å². The maximum atomic E-state index is 13.2. The van der Waals surface area contributed by atoms with Crippen molar-refractivity contribution in [3.05, 3.63) is 23.5 Å². The van der Waals surface area contributed by atoms with Crippen molar-refractivity contribution in [3.63, 3.8) is 0 Å². The van der Waals surface area contributed by atoms with E-state index in [9.17, 15) is 9.50 Å². The van der Waals surface area contributed by atoms with Crippen molar-refractivity contribution in [2.45, 2.75) is 31.2 Å². The Balaban J connectivity index is 2.52. The smallest absolute Gasteiger partial charge is 0.194 e. The highest BCUT2D eigenvalue weighted by Gasteiger charge is 2.35. The molecule has 0 aliphatic heterocycles. The number of rotatable bonds is 2. The van der Waals surface area contributed by atoms with Crippen LogP contribution in [0.15, 0.2) is 12.1 Å². The lowest BCUT2D eigenvalue weighted by atomic mass is 9.88. The highest BCUT2D eigenvalue weighted by Crippen LogP contribution is 2.44. The summed E-state index contributed by atoms with van der Waals surface area (Å²) in [6.07, 6.45) is 3.79. The van der Waals surface area contributed by atoms with Crippen molar-refractivity contribution in [1.82, 2.24) is 0 Å². The van der Waals surface area contributed by atoms with Crippen LogP contribution in [0.5, 0.6) is 11.5 Å². The molecule has 1 aromatic carbocycles. The van der Waals surface area contributed by atoms with E-state index in [0.717, 1.165) is 25.7 Å². The van der Waals surface area contributed by atoms with E-state index in [1.807, 2.05) is 0 Å². The van der Waals surface area contributed by atoms with Crippen molar-refractivity contribution in [3.8, 4) is 11.5 Å². The van der Waals surface area contributed by atoms with E-state index in [1.165, 1.54) is 13.2 Å². The average molecular weight is 225 g/mol. The van der Waals surface area contributed by atoms with Crippen LogP contribution in [0.2, 0.25) is 0 Å². The van der Waals surface area contributed by atoms with Gasteiger partial charge < -0.3 is 15.6 Å². The molecule has 1 aromatic rings. The Bertz CT molecular complexity index is 400. The molecule has 4 heteroatoms. The third kappa shape index (κ3) is 1.63. The molecule has 1 aliphatic carbocycles. The number of benzene rings is 1. The predicted octanol–water partition coefficient (Wildman–Crippen LogP) is 2.27. The standard InChI is InChI=1S/C12H16FNO2/c1-16-11-8(4-5-9(13)10(11)15)12(14)6-2-3-7-12/h4-5,15H,2-3,6-7,14H2,1H3. The van der Waals surface area contributed by atoms with E-state index >= 15 is 0 Å². The summed E-state index contributed by atoms with van der Waals surface area (Å²) in [4.78, 5) is 0. The van der Waals surface area contributed by atoms with Gasteiger partial charge in [-0.25, -0.2) is 4.39 Å². The molecular weight excluding hydrogens is 209 g/mol. The van der Waals surface area contributed by atoms with E-state index in [-0.39, 0.29) is 5.75 Å². The van der Waals surface area contributed by atoms with Crippen LogP contribution in [-0.2, 0) is 5.54 Å². The van der Waals surface area contributed by atoms with Crippen molar-refractivity contribution >= 4 is 0 Å². The SMILES string of the molecule is COc1c(C2(N)CCCC2)ccc(F)c1O. The van der Waals surface area contributed by atoms with E-state index in [0.29, 0.717) is 5.56 Å². The lowest BCUT2D eigenvalue weighted by Gasteiger charge is -2.26. The maximum Gasteiger partial charge on any atom is 0.194 e. The molecule has 0 amide bonds. The Hall–Kier alpha value is -1.29. The number of halogens is 1. The highest BCUT2D eigenvalue weighted by molar-refractivity contribution is 5.50. The summed E-state index contributed by atoms with van der Waals surface area (Å²) in [7, 11) is 1.41. The minimum atomic E-state index is -0.679. The van der Waals surface area contributed by atoms with Crippen molar-refractivity contribution < 1.29 is 14.2 Å². The molecule has 0 atom stereocenters. The van der Waals surface area contributed by atoms with Gasteiger partial charge in [-0.1, -0.05) is 18.9 Å². The summed E-state index contributed by atoms with van der Waals surface area (Å²) in [5.41, 5.74) is 6.47. The fraction of sp³-hybridized carbons (Fsp3) is 0.500. The fourth-order valence-electron chi connectivity index (χ4n) is 2.42. The number of hydrogen-bond donors (Lipinski definition) is 2. The molecular formula is C12H16FNO2. The van der Waals surface area contributed by atoms with Crippen LogP contribution in [0, 0.1) is 5.82 Å². The number of phenolic OH excluding ortho intramolecular Hbond substituents is 1. The van der Waals surface area contributed by atoms with Gasteiger partial charge in [0.25, 0.3) is 0 Å². The molecule has 3 nitrogen and oxygen atoms in total. The first-order chi connectivity index (χ1) is 7.58. The monoisotopic (exact) mass is 225 g/mol. The molecule has 0 aromatic heterocycles. The Morgan fingerprint density at radius 3 is 2.56 bits per heavy atom. The van der Waals surface area contributed by atoms with E-state index in [4.69, 9.17) is 10.5 Å². The summed E-state index contributed by atoms with van der Waals surface area (Å²) in [5.74, 6) is -0.955. The van der Waals surface area contributed by atoms with Gasteiger partial charge in [-0.3, -0.25) is 0 Å². The zero-order valence-corrected chi connectivity index (χ0v) is 9.29. The van der Waals surface area contributed by atoms with E-state index in [1.54, 1.807) is 6.07 Å². The zero-order chi connectivity index (χ0) is 11.8. The lowest BCUT2D eigenvalue weighted by molar-refractivity contribution is 0.337. The van der Waals surface area contributed by atoms with Crippen LogP contribution in [-0.4, -0.2) is 12.2 Å². The topological polar surface area (TPSA) is 55.5 Å². The summed E-state index contributed by atoms with van der Waals surface area (Å²) in [5, 5.41) is 9.60. The predicted molar refractivity (Wildman–Crippen MR) is 59.0 cm³/mol. The van der Waals surface area contributed by atoms with Gasteiger partial charge in [-0.05, 0) is 18.9 Å². The first-order valence-electron chi connectivity index (χ1n) is 5.43. The molecule has 0 unspecified atom stereocenters. The van der Waals surface area contributed by atoms with Crippen molar-refractivity contribution in [1.29, 1.82) is 0 Å². The number of methoxy groups -OCH3 is 1. The molecule has 0 heterocycles. The van der Waals surface area contributed by atoms with Gasteiger partial charge in [0.15, 0.2) is 17.3 Å². The zero-order valence-electron chi connectivity index (χ0n) is 9.29. The second-order valence-corrected chi connectivity index (χ2v) is 4.34. The Morgan fingerprint density at radius 2 is 2.00 bits per heavy atom. The van der Waals surface area contributed by atoms with Gasteiger partial charge in [0.2, 0.25) is 0 Å². The van der Waals surface area contributed by atoms with Crippen LogP contribution < -0.4 is 10.5 Å². The first-order valence-corrected chi connectivity index (χ1v) is 5.43. The number of hydrogen-bond acceptors (Lipinski definition) is 3. The second kappa shape index (κ2) is 3.94. The van der Waals surface area contributed by atoms with Gasteiger partial charge in [0, 0.05) is 11.1 Å². The van der Waals surface area contributed by atoms with Crippen LogP contribution >= 0.6 is 0 Å². The molecule has 1 saturated carbocycles. The van der Waals surface area contributed by atoms with Crippen LogP contribution in [0.4, 0.5) is 4.39 Å². The molecule has 0 saturated heterocycles. The molecule has 88 valence electrons. The van der Waals surface area contributed by atoms with Crippen LogP contribution in [0.3, 0.4) is 0 Å². The van der Waals surface area contributed by atoms with Gasteiger partial charge in [-0.2, -0.15) is 0 Å². The normalized spacial score (nSPS) is 18.7. The second-order valence-electron chi connectivity index (χ2n) is 4.34. The molecule has 1 fully saturated rings. The third-order valence-corrected chi connectivity index (χ3v) is 3.32. The quantitative estimate of drug-likeness (QED) is 0.811. The molecule has 0 bridgehead atoms. The molecule has 16 heavy (non-hydrogen) atoms. The summed E-state index contributed by atoms with van der Waals surface area (Å²) in [6, 6.07) is 2.85. The number of nitrogens with two attached hydrogens (primary N) is 1. The van der Waals surface area contributed by atoms with E-state index < -0.39 is 17.1 Å². The highest BCUT2D eigenvalue weighted by atomic mass is 19.1. The minimum absolute atomic E-state index is 0.171. The fourth-order valence-corrected chi connectivity index (χ4v) is 2.42. The molecule has 0 radical (unpaired) electrons. The van der Waals surface area contributed by atoms with Gasteiger partial charge >= 0.3 is 0 Å². The molecule has 3 N–H and O–H groups in total. The first kappa shape index (κ1) is 11.2. The van der Waals surface area contributed by atoms with Crippen LogP contribution in [0.25, 0.3) is 0 Å². The summed E-state index contributed by atoms with van der Waals surface area (Å²) >= 11 is 0. The number of phenols is 1. The molecule has 2 rings (SSSR count). The van der Waals surface area contributed by atoms with Crippen LogP contribution in [0.1, 0.15) is 31.2 Å². The number of ether oxygens (including phenoxy) is 1. The van der Waals surface area contributed by atoms with E-state index in [2.05, 4.69) is 0 Å². The van der Waals surface area contributed by atoms with Crippen molar-refractivity contribution in [2.75, 3.05) is 7.11 Å². The third-order valence-electron chi connectivity index (χ3n) is 3.32. The number of aromatic hydroxyl groups is 1. The molecule has 1 aliphatic rings. The lowest BCUT2D eigenvalue weighted by Crippen LogP contribution is -2.33. The Labute approximate surface area is 94.0 Å². The van der Waals surface area contributed by atoms with Crippen molar-refractivity contribution in [2.24, 2.45) is 5.73 Å². The largest absolute Gasteiger partial charge is 0.502 e. The van der Waals surface area contributed by atoms with Gasteiger partial charge in [0.1, 0.15) is 0 Å². The Morgan fingerprint density at radius 1 is 1.38 bits per heavy atom. The Kier molecular flexibility index (Phi) is 2.76. The summed E-state index contributed by atoms with van der Waals surface area (Å²) in [6.45, 7) is 0. The maximum absolute atomic E-state index is 13.2.